The van der Waals surface area contributed by atoms with Crippen LogP contribution < -0.4 is 10.1 Å². The fourth-order valence-corrected chi connectivity index (χ4v) is 2.75. The highest BCUT2D eigenvalue weighted by molar-refractivity contribution is 9.10. The average Bonchev–Trinajstić information content (AvgIpc) is 2.54. The third-order valence-corrected chi connectivity index (χ3v) is 4.17. The van der Waals surface area contributed by atoms with Gasteiger partial charge in [-0.05, 0) is 79.4 Å². The van der Waals surface area contributed by atoms with E-state index < -0.39 is 0 Å². The lowest BCUT2D eigenvalue weighted by Crippen LogP contribution is -2.33. The molecule has 0 saturated heterocycles. The van der Waals surface area contributed by atoms with Gasteiger partial charge in [0.1, 0.15) is 10.4 Å². The van der Waals surface area contributed by atoms with Gasteiger partial charge in [-0.2, -0.15) is 0 Å². The molecule has 1 aromatic carbocycles. The quantitative estimate of drug-likeness (QED) is 0.713. The van der Waals surface area contributed by atoms with E-state index in [1.165, 1.54) is 5.56 Å². The predicted molar refractivity (Wildman–Crippen MR) is 99.4 cm³/mol. The molecule has 0 fully saturated rings. The molecule has 2 rings (SSSR count). The molecule has 0 aliphatic carbocycles. The summed E-state index contributed by atoms with van der Waals surface area (Å²) in [5, 5.41) is 3.01. The van der Waals surface area contributed by atoms with Crippen molar-refractivity contribution in [1.82, 2.24) is 10.3 Å². The van der Waals surface area contributed by atoms with Crippen molar-refractivity contribution in [3.05, 3.63) is 58.3 Å². The first-order chi connectivity index (χ1) is 11.5. The summed E-state index contributed by atoms with van der Waals surface area (Å²) in [5.41, 5.74) is 1.79. The van der Waals surface area contributed by atoms with Crippen LogP contribution in [0.5, 0.6) is 5.75 Å². The number of benzene rings is 1. The Hall–Kier alpha value is -1.88. The number of rotatable bonds is 7. The zero-order valence-electron chi connectivity index (χ0n) is 14.3. The molecule has 0 spiro atoms. The minimum Gasteiger partial charge on any atom is -0.491 e. The van der Waals surface area contributed by atoms with Gasteiger partial charge < -0.3 is 10.1 Å². The standard InChI is InChI=1S/C19H23BrN2O2/c1-13(2)24-16-10-8-15(9-11-16)7-6-14(3)22-19(23)17-5-4-12-21-18(17)20/h4-5,8-14H,6-7H2,1-3H3,(H,22,23)/t14-/m1/s1. The number of hydrogen-bond donors (Lipinski definition) is 1. The number of carbonyl (C=O) groups is 1. The van der Waals surface area contributed by atoms with Gasteiger partial charge in [0.2, 0.25) is 0 Å². The van der Waals surface area contributed by atoms with Gasteiger partial charge >= 0.3 is 0 Å². The van der Waals surface area contributed by atoms with Crippen LogP contribution in [0.25, 0.3) is 0 Å². The Bertz CT molecular complexity index is 671. The number of hydrogen-bond acceptors (Lipinski definition) is 3. The first-order valence-corrected chi connectivity index (χ1v) is 8.92. The summed E-state index contributed by atoms with van der Waals surface area (Å²) in [6.07, 6.45) is 3.60. The summed E-state index contributed by atoms with van der Waals surface area (Å²) in [4.78, 5) is 16.3. The van der Waals surface area contributed by atoms with Crippen molar-refractivity contribution in [2.75, 3.05) is 0 Å². The third-order valence-electron chi connectivity index (χ3n) is 3.54. The lowest BCUT2D eigenvalue weighted by atomic mass is 10.1. The first-order valence-electron chi connectivity index (χ1n) is 8.12. The van der Waals surface area contributed by atoms with E-state index in [9.17, 15) is 4.79 Å². The van der Waals surface area contributed by atoms with E-state index in [2.05, 4.69) is 38.4 Å². The van der Waals surface area contributed by atoms with Gasteiger partial charge in [0.05, 0.1) is 11.7 Å². The summed E-state index contributed by atoms with van der Waals surface area (Å²) in [7, 11) is 0. The fourth-order valence-electron chi connectivity index (χ4n) is 2.32. The van der Waals surface area contributed by atoms with E-state index in [-0.39, 0.29) is 18.1 Å². The molecule has 1 aromatic heterocycles. The van der Waals surface area contributed by atoms with E-state index in [1.807, 2.05) is 32.9 Å². The number of nitrogens with zero attached hydrogens (tertiary/aromatic N) is 1. The van der Waals surface area contributed by atoms with E-state index >= 15 is 0 Å². The summed E-state index contributed by atoms with van der Waals surface area (Å²) in [6.45, 7) is 6.04. The second kappa shape index (κ2) is 8.83. The lowest BCUT2D eigenvalue weighted by molar-refractivity contribution is 0.0937. The molecule has 1 heterocycles. The Kier molecular flexibility index (Phi) is 6.79. The second-order valence-corrected chi connectivity index (χ2v) is 6.82. The van der Waals surface area contributed by atoms with Gasteiger partial charge in [-0.3, -0.25) is 4.79 Å². The second-order valence-electron chi connectivity index (χ2n) is 6.07. The Morgan fingerprint density at radius 1 is 1.21 bits per heavy atom. The highest BCUT2D eigenvalue weighted by atomic mass is 79.9. The predicted octanol–water partition coefficient (Wildman–Crippen LogP) is 4.38. The molecule has 0 bridgehead atoms. The Morgan fingerprint density at radius 3 is 2.54 bits per heavy atom. The van der Waals surface area contributed by atoms with Gasteiger partial charge in [-0.1, -0.05) is 12.1 Å². The van der Waals surface area contributed by atoms with Crippen LogP contribution in [-0.4, -0.2) is 23.0 Å². The van der Waals surface area contributed by atoms with Crippen LogP contribution in [0.15, 0.2) is 47.2 Å². The maximum Gasteiger partial charge on any atom is 0.254 e. The van der Waals surface area contributed by atoms with Gasteiger partial charge in [-0.25, -0.2) is 4.98 Å². The van der Waals surface area contributed by atoms with Crippen LogP contribution in [-0.2, 0) is 6.42 Å². The highest BCUT2D eigenvalue weighted by Crippen LogP contribution is 2.16. The number of ether oxygens (including phenoxy) is 1. The maximum absolute atomic E-state index is 12.2. The maximum atomic E-state index is 12.2. The minimum absolute atomic E-state index is 0.0798. The molecular formula is C19H23BrN2O2. The summed E-state index contributed by atoms with van der Waals surface area (Å²) >= 11 is 3.30. The molecule has 0 aliphatic rings. The van der Waals surface area contributed by atoms with Gasteiger partial charge in [-0.15, -0.1) is 0 Å². The van der Waals surface area contributed by atoms with Crippen molar-refractivity contribution in [3.63, 3.8) is 0 Å². The number of aryl methyl sites for hydroxylation is 1. The molecule has 4 nitrogen and oxygen atoms in total. The molecule has 0 aliphatic heterocycles. The average molecular weight is 391 g/mol. The Labute approximate surface area is 151 Å². The molecule has 1 N–H and O–H groups in total. The minimum atomic E-state index is -0.108. The van der Waals surface area contributed by atoms with Crippen molar-refractivity contribution < 1.29 is 9.53 Å². The molecule has 5 heteroatoms. The number of amides is 1. The number of pyridine rings is 1. The summed E-state index contributed by atoms with van der Waals surface area (Å²) in [5.74, 6) is 0.777. The van der Waals surface area contributed by atoms with Crippen LogP contribution in [0.3, 0.4) is 0 Å². The highest BCUT2D eigenvalue weighted by Gasteiger charge is 2.13. The van der Waals surface area contributed by atoms with Crippen molar-refractivity contribution in [1.29, 1.82) is 0 Å². The number of carbonyl (C=O) groups excluding carboxylic acids is 1. The molecule has 1 atom stereocenters. The fraction of sp³-hybridized carbons (Fsp3) is 0.368. The molecule has 2 aromatic rings. The molecule has 24 heavy (non-hydrogen) atoms. The summed E-state index contributed by atoms with van der Waals surface area (Å²) in [6, 6.07) is 11.7. The van der Waals surface area contributed by atoms with Crippen molar-refractivity contribution in [2.45, 2.75) is 45.8 Å². The van der Waals surface area contributed by atoms with Crippen LogP contribution in [0.4, 0.5) is 0 Å². The normalized spacial score (nSPS) is 12.0. The van der Waals surface area contributed by atoms with Crippen molar-refractivity contribution in [3.8, 4) is 5.75 Å². The monoisotopic (exact) mass is 390 g/mol. The first kappa shape index (κ1) is 18.5. The van der Waals surface area contributed by atoms with E-state index in [4.69, 9.17) is 4.74 Å². The van der Waals surface area contributed by atoms with Gasteiger partial charge in [0.15, 0.2) is 0 Å². The number of nitrogens with one attached hydrogen (secondary N) is 1. The zero-order valence-corrected chi connectivity index (χ0v) is 15.8. The number of aromatic nitrogens is 1. The van der Waals surface area contributed by atoms with Crippen LogP contribution in [0.2, 0.25) is 0 Å². The lowest BCUT2D eigenvalue weighted by Gasteiger charge is -2.15. The molecule has 0 unspecified atom stereocenters. The van der Waals surface area contributed by atoms with E-state index in [1.54, 1.807) is 18.3 Å². The number of halogens is 1. The van der Waals surface area contributed by atoms with E-state index in [0.717, 1.165) is 18.6 Å². The molecule has 1 amide bonds. The van der Waals surface area contributed by atoms with Gasteiger partial charge in [0.25, 0.3) is 5.91 Å². The SMILES string of the molecule is CC(C)Oc1ccc(CC[C@@H](C)NC(=O)c2cccnc2Br)cc1. The Balaban J connectivity index is 1.83. The Morgan fingerprint density at radius 2 is 1.92 bits per heavy atom. The third kappa shape index (κ3) is 5.64. The van der Waals surface area contributed by atoms with E-state index in [0.29, 0.717) is 10.2 Å². The molecule has 0 radical (unpaired) electrons. The van der Waals surface area contributed by atoms with Crippen LogP contribution >= 0.6 is 15.9 Å². The molecular weight excluding hydrogens is 368 g/mol. The van der Waals surface area contributed by atoms with Gasteiger partial charge in [0, 0.05) is 12.2 Å². The molecule has 128 valence electrons. The topological polar surface area (TPSA) is 51.2 Å². The smallest absolute Gasteiger partial charge is 0.254 e. The van der Waals surface area contributed by atoms with Crippen LogP contribution in [0.1, 0.15) is 43.1 Å². The summed E-state index contributed by atoms with van der Waals surface area (Å²) < 4.78 is 6.21. The van der Waals surface area contributed by atoms with Crippen molar-refractivity contribution >= 4 is 21.8 Å². The van der Waals surface area contributed by atoms with Crippen molar-refractivity contribution in [2.24, 2.45) is 0 Å². The van der Waals surface area contributed by atoms with Crippen LogP contribution in [0, 0.1) is 0 Å². The zero-order chi connectivity index (χ0) is 17.5. The largest absolute Gasteiger partial charge is 0.491 e. The molecule has 0 saturated carbocycles.